The number of para-hydroxylation sites is 1. The summed E-state index contributed by atoms with van der Waals surface area (Å²) >= 11 is 0. The molecule has 2 aromatic carbocycles. The van der Waals surface area contributed by atoms with Gasteiger partial charge < -0.3 is 15.4 Å². The fourth-order valence-electron chi connectivity index (χ4n) is 2.26. The Morgan fingerprint density at radius 2 is 1.86 bits per heavy atom. The lowest BCUT2D eigenvalue weighted by atomic mass is 10.1. The van der Waals surface area contributed by atoms with E-state index in [2.05, 4.69) is 15.4 Å². The zero-order valence-electron chi connectivity index (χ0n) is 11.9. The summed E-state index contributed by atoms with van der Waals surface area (Å²) in [6.07, 6.45) is 1.66. The van der Waals surface area contributed by atoms with Crippen LogP contribution in [0.25, 0.3) is 5.57 Å². The predicted octanol–water partition coefficient (Wildman–Crippen LogP) is 2.88. The highest BCUT2D eigenvalue weighted by Crippen LogP contribution is 2.31. The standard InChI is InChI=1S/C17H14N2O3/c1-22-17(21)11-6-8-12(9-7-11)18-10-14-13-4-2-3-5-15(13)19-16(14)20/h2-10,18H,1H3,(H,19,20)/b14-10-. The smallest absolute Gasteiger partial charge is 0.337 e. The molecule has 0 saturated carbocycles. The summed E-state index contributed by atoms with van der Waals surface area (Å²) in [4.78, 5) is 23.3. The fraction of sp³-hybridized carbons (Fsp3) is 0.0588. The summed E-state index contributed by atoms with van der Waals surface area (Å²) in [5, 5.41) is 5.87. The molecule has 0 fully saturated rings. The Labute approximate surface area is 127 Å². The van der Waals surface area contributed by atoms with Gasteiger partial charge in [0, 0.05) is 23.1 Å². The van der Waals surface area contributed by atoms with Gasteiger partial charge in [0.2, 0.25) is 0 Å². The van der Waals surface area contributed by atoms with Crippen molar-refractivity contribution >= 4 is 28.8 Å². The number of rotatable bonds is 3. The number of nitrogens with one attached hydrogen (secondary N) is 2. The molecule has 0 unspecified atom stereocenters. The molecule has 2 N–H and O–H groups in total. The van der Waals surface area contributed by atoms with E-state index in [1.165, 1.54) is 7.11 Å². The highest BCUT2D eigenvalue weighted by Gasteiger charge is 2.23. The number of ether oxygens (including phenoxy) is 1. The largest absolute Gasteiger partial charge is 0.465 e. The van der Waals surface area contributed by atoms with Crippen molar-refractivity contribution in [2.24, 2.45) is 0 Å². The maximum atomic E-state index is 12.0. The maximum absolute atomic E-state index is 12.0. The molecule has 0 bridgehead atoms. The summed E-state index contributed by atoms with van der Waals surface area (Å²) < 4.78 is 4.65. The van der Waals surface area contributed by atoms with Gasteiger partial charge in [-0.15, -0.1) is 0 Å². The molecule has 0 aliphatic carbocycles. The lowest BCUT2D eigenvalue weighted by Gasteiger charge is -2.04. The van der Waals surface area contributed by atoms with Gasteiger partial charge in [-0.2, -0.15) is 0 Å². The summed E-state index contributed by atoms with van der Waals surface area (Å²) in [6.45, 7) is 0. The van der Waals surface area contributed by atoms with Crippen LogP contribution in [0.5, 0.6) is 0 Å². The molecule has 1 aliphatic heterocycles. The molecule has 0 aromatic heterocycles. The molecule has 0 spiro atoms. The molecule has 5 nitrogen and oxygen atoms in total. The molecule has 0 saturated heterocycles. The Morgan fingerprint density at radius 1 is 1.14 bits per heavy atom. The van der Waals surface area contributed by atoms with Crippen LogP contribution in [0, 0.1) is 0 Å². The van der Waals surface area contributed by atoms with Crippen LogP contribution < -0.4 is 10.6 Å². The Kier molecular flexibility index (Phi) is 3.62. The van der Waals surface area contributed by atoms with Crippen LogP contribution in [0.3, 0.4) is 0 Å². The number of esters is 1. The van der Waals surface area contributed by atoms with E-state index in [1.54, 1.807) is 30.5 Å². The van der Waals surface area contributed by atoms with Gasteiger partial charge in [0.05, 0.1) is 18.2 Å². The number of amides is 1. The molecule has 110 valence electrons. The molecular formula is C17H14N2O3. The highest BCUT2D eigenvalue weighted by atomic mass is 16.5. The second kappa shape index (κ2) is 5.73. The molecule has 3 rings (SSSR count). The van der Waals surface area contributed by atoms with E-state index in [0.717, 1.165) is 16.9 Å². The van der Waals surface area contributed by atoms with Crippen LogP contribution >= 0.6 is 0 Å². The van der Waals surface area contributed by atoms with Gasteiger partial charge in [0.1, 0.15) is 0 Å². The molecular weight excluding hydrogens is 280 g/mol. The van der Waals surface area contributed by atoms with Crippen molar-refractivity contribution in [3.8, 4) is 0 Å². The van der Waals surface area contributed by atoms with Gasteiger partial charge >= 0.3 is 5.97 Å². The Balaban J connectivity index is 1.80. The first-order valence-corrected chi connectivity index (χ1v) is 6.75. The van der Waals surface area contributed by atoms with Crippen LogP contribution in [0.15, 0.2) is 54.7 Å². The minimum Gasteiger partial charge on any atom is -0.465 e. The molecule has 0 radical (unpaired) electrons. The highest BCUT2D eigenvalue weighted by molar-refractivity contribution is 6.31. The number of benzene rings is 2. The van der Waals surface area contributed by atoms with Crippen LogP contribution in [-0.4, -0.2) is 19.0 Å². The van der Waals surface area contributed by atoms with E-state index in [4.69, 9.17) is 0 Å². The van der Waals surface area contributed by atoms with Gasteiger partial charge in [0.25, 0.3) is 5.91 Å². The lowest BCUT2D eigenvalue weighted by Crippen LogP contribution is -2.05. The summed E-state index contributed by atoms with van der Waals surface area (Å²) in [6, 6.07) is 14.3. The van der Waals surface area contributed by atoms with E-state index < -0.39 is 0 Å². The number of carbonyl (C=O) groups excluding carboxylic acids is 2. The van der Waals surface area contributed by atoms with Gasteiger partial charge in [-0.1, -0.05) is 18.2 Å². The van der Waals surface area contributed by atoms with Gasteiger partial charge in [-0.3, -0.25) is 4.79 Å². The van der Waals surface area contributed by atoms with Crippen molar-refractivity contribution in [1.82, 2.24) is 0 Å². The fourth-order valence-corrected chi connectivity index (χ4v) is 2.26. The van der Waals surface area contributed by atoms with E-state index in [1.807, 2.05) is 24.3 Å². The Morgan fingerprint density at radius 3 is 2.59 bits per heavy atom. The average molecular weight is 294 g/mol. The van der Waals surface area contributed by atoms with E-state index in [-0.39, 0.29) is 11.9 Å². The Bertz CT molecular complexity index is 764. The average Bonchev–Trinajstić information content (AvgIpc) is 2.88. The number of carbonyl (C=O) groups is 2. The van der Waals surface area contributed by atoms with E-state index in [0.29, 0.717) is 11.1 Å². The van der Waals surface area contributed by atoms with Gasteiger partial charge in [0.15, 0.2) is 0 Å². The monoisotopic (exact) mass is 294 g/mol. The second-order valence-electron chi connectivity index (χ2n) is 4.77. The first-order valence-electron chi connectivity index (χ1n) is 6.75. The minimum atomic E-state index is -0.381. The number of anilines is 2. The summed E-state index contributed by atoms with van der Waals surface area (Å²) in [5.74, 6) is -0.520. The third-order valence-electron chi connectivity index (χ3n) is 3.40. The van der Waals surface area contributed by atoms with Crippen molar-refractivity contribution in [3.63, 3.8) is 0 Å². The first kappa shape index (κ1) is 13.9. The first-order chi connectivity index (χ1) is 10.7. The topological polar surface area (TPSA) is 67.4 Å². The van der Waals surface area contributed by atoms with Crippen LogP contribution in [0.1, 0.15) is 15.9 Å². The third kappa shape index (κ3) is 2.56. The zero-order valence-corrected chi connectivity index (χ0v) is 11.9. The normalized spacial score (nSPS) is 14.4. The van der Waals surface area contributed by atoms with Crippen molar-refractivity contribution in [2.75, 3.05) is 17.7 Å². The molecule has 1 heterocycles. The molecule has 1 aliphatic rings. The Hall–Kier alpha value is -3.08. The molecule has 2 aromatic rings. The number of hydrogen-bond acceptors (Lipinski definition) is 4. The van der Waals surface area contributed by atoms with Crippen molar-refractivity contribution < 1.29 is 14.3 Å². The predicted molar refractivity (Wildman–Crippen MR) is 84.5 cm³/mol. The quantitative estimate of drug-likeness (QED) is 0.674. The van der Waals surface area contributed by atoms with E-state index >= 15 is 0 Å². The van der Waals surface area contributed by atoms with Gasteiger partial charge in [-0.25, -0.2) is 4.79 Å². The lowest BCUT2D eigenvalue weighted by molar-refractivity contribution is -0.110. The number of hydrogen-bond donors (Lipinski definition) is 2. The summed E-state index contributed by atoms with van der Waals surface area (Å²) in [7, 11) is 1.34. The number of fused-ring (bicyclic) bond motifs is 1. The molecule has 22 heavy (non-hydrogen) atoms. The van der Waals surface area contributed by atoms with Crippen molar-refractivity contribution in [3.05, 3.63) is 65.9 Å². The zero-order chi connectivity index (χ0) is 15.5. The third-order valence-corrected chi connectivity index (χ3v) is 3.40. The van der Waals surface area contributed by atoms with Crippen molar-refractivity contribution in [1.29, 1.82) is 0 Å². The molecule has 5 heteroatoms. The van der Waals surface area contributed by atoms with Crippen LogP contribution in [0.4, 0.5) is 11.4 Å². The summed E-state index contributed by atoms with van der Waals surface area (Å²) in [5.41, 5.74) is 3.50. The minimum absolute atomic E-state index is 0.139. The van der Waals surface area contributed by atoms with Crippen LogP contribution in [-0.2, 0) is 9.53 Å². The van der Waals surface area contributed by atoms with Gasteiger partial charge in [-0.05, 0) is 30.3 Å². The van der Waals surface area contributed by atoms with Crippen LogP contribution in [0.2, 0.25) is 0 Å². The molecule has 1 amide bonds. The maximum Gasteiger partial charge on any atom is 0.337 e. The number of methoxy groups -OCH3 is 1. The second-order valence-corrected chi connectivity index (χ2v) is 4.77. The van der Waals surface area contributed by atoms with E-state index in [9.17, 15) is 9.59 Å². The van der Waals surface area contributed by atoms with Crippen molar-refractivity contribution in [2.45, 2.75) is 0 Å². The SMILES string of the molecule is COC(=O)c1ccc(N/C=C2\C(=O)Nc3ccccc32)cc1. The molecule has 0 atom stereocenters.